The van der Waals surface area contributed by atoms with Gasteiger partial charge in [-0.05, 0) is 0 Å². The summed E-state index contributed by atoms with van der Waals surface area (Å²) in [6.07, 6.45) is 0. The molecule has 5 nitrogen and oxygen atoms in total. The van der Waals surface area contributed by atoms with E-state index in [1.165, 1.54) is 4.90 Å². The van der Waals surface area contributed by atoms with Gasteiger partial charge >= 0.3 is 0 Å². The van der Waals surface area contributed by atoms with Crippen LogP contribution in [0.2, 0.25) is 0 Å². The molecule has 0 aromatic carbocycles. The summed E-state index contributed by atoms with van der Waals surface area (Å²) in [7, 11) is 1.67. The standard InChI is InChI=1S/C10H21NO4/c1-12-6-7-14-8-9-15-10-11-2-4-13-5-3-11/h2-10H2,1H3/p+1. The zero-order valence-corrected chi connectivity index (χ0v) is 9.50. The Morgan fingerprint density at radius 3 is 2.40 bits per heavy atom. The largest absolute Gasteiger partial charge is 0.382 e. The number of nitrogens with one attached hydrogen (secondary N) is 1. The molecule has 1 N–H and O–H groups in total. The van der Waals surface area contributed by atoms with Crippen LogP contribution < -0.4 is 4.90 Å². The maximum absolute atomic E-state index is 5.49. The van der Waals surface area contributed by atoms with Crippen molar-refractivity contribution in [1.82, 2.24) is 0 Å². The molecule has 0 radical (unpaired) electrons. The highest BCUT2D eigenvalue weighted by Crippen LogP contribution is 1.79. The maximum Gasteiger partial charge on any atom is 0.181 e. The van der Waals surface area contributed by atoms with Crippen LogP contribution in [-0.4, -0.2) is 66.6 Å². The summed E-state index contributed by atoms with van der Waals surface area (Å²) < 4.78 is 20.9. The third-order valence-electron chi connectivity index (χ3n) is 2.31. The topological polar surface area (TPSA) is 41.4 Å². The molecular weight excluding hydrogens is 198 g/mol. The number of hydrogen-bond acceptors (Lipinski definition) is 4. The highest BCUT2D eigenvalue weighted by Gasteiger charge is 2.12. The average Bonchev–Trinajstić information content (AvgIpc) is 2.29. The van der Waals surface area contributed by atoms with Gasteiger partial charge in [-0.2, -0.15) is 0 Å². The van der Waals surface area contributed by atoms with E-state index in [9.17, 15) is 0 Å². The Morgan fingerprint density at radius 1 is 1.00 bits per heavy atom. The second-order valence-corrected chi connectivity index (χ2v) is 3.52. The minimum absolute atomic E-state index is 0.643. The first kappa shape index (κ1) is 12.9. The molecule has 1 saturated heterocycles. The average molecular weight is 220 g/mol. The maximum atomic E-state index is 5.49. The number of ether oxygens (including phenoxy) is 4. The molecule has 1 rings (SSSR count). The first-order valence-electron chi connectivity index (χ1n) is 5.49. The molecule has 0 amide bonds. The number of quaternary nitrogens is 1. The van der Waals surface area contributed by atoms with Crippen LogP contribution in [0.4, 0.5) is 0 Å². The van der Waals surface area contributed by atoms with Gasteiger partial charge in [0.05, 0.1) is 39.6 Å². The van der Waals surface area contributed by atoms with Crippen molar-refractivity contribution in [3.05, 3.63) is 0 Å². The van der Waals surface area contributed by atoms with Crippen molar-refractivity contribution < 1.29 is 23.8 Å². The second kappa shape index (κ2) is 9.06. The van der Waals surface area contributed by atoms with Gasteiger partial charge in [0.15, 0.2) is 6.73 Å². The lowest BCUT2D eigenvalue weighted by Crippen LogP contribution is -3.14. The first-order chi connectivity index (χ1) is 7.43. The molecule has 90 valence electrons. The number of morpholine rings is 1. The summed E-state index contributed by atoms with van der Waals surface area (Å²) in [6, 6.07) is 0. The van der Waals surface area contributed by atoms with Crippen LogP contribution in [0.15, 0.2) is 0 Å². The summed E-state index contributed by atoms with van der Waals surface area (Å²) in [5.41, 5.74) is 0. The highest BCUT2D eigenvalue weighted by atomic mass is 16.5. The Balaban J connectivity index is 1.79. The summed E-state index contributed by atoms with van der Waals surface area (Å²) >= 11 is 0. The van der Waals surface area contributed by atoms with Crippen molar-refractivity contribution in [3.8, 4) is 0 Å². The summed E-state index contributed by atoms with van der Waals surface area (Å²) in [6.45, 7) is 7.15. The molecule has 1 aliphatic rings. The van der Waals surface area contributed by atoms with Crippen LogP contribution in [0.1, 0.15) is 0 Å². The fourth-order valence-corrected chi connectivity index (χ4v) is 1.38. The Kier molecular flexibility index (Phi) is 7.77. The molecule has 0 bridgehead atoms. The van der Waals surface area contributed by atoms with Gasteiger partial charge in [0.25, 0.3) is 0 Å². The predicted octanol–water partition coefficient (Wildman–Crippen LogP) is -1.46. The predicted molar refractivity (Wildman–Crippen MR) is 55.0 cm³/mol. The van der Waals surface area contributed by atoms with Crippen LogP contribution >= 0.6 is 0 Å². The summed E-state index contributed by atoms with van der Waals surface area (Å²) in [4.78, 5) is 1.46. The molecule has 0 atom stereocenters. The zero-order chi connectivity index (χ0) is 10.8. The van der Waals surface area contributed by atoms with E-state index in [1.807, 2.05) is 0 Å². The molecule has 0 unspecified atom stereocenters. The molecule has 1 aliphatic heterocycles. The van der Waals surface area contributed by atoms with E-state index in [-0.39, 0.29) is 0 Å². The van der Waals surface area contributed by atoms with Crippen molar-refractivity contribution in [1.29, 1.82) is 0 Å². The lowest BCUT2D eigenvalue weighted by molar-refractivity contribution is -0.927. The lowest BCUT2D eigenvalue weighted by Gasteiger charge is -2.23. The molecule has 0 saturated carbocycles. The Bertz CT molecular complexity index is 139. The van der Waals surface area contributed by atoms with Gasteiger partial charge in [-0.1, -0.05) is 0 Å². The minimum Gasteiger partial charge on any atom is -0.382 e. The van der Waals surface area contributed by atoms with Gasteiger partial charge in [0.2, 0.25) is 0 Å². The molecule has 1 heterocycles. The molecule has 0 aliphatic carbocycles. The van der Waals surface area contributed by atoms with Gasteiger partial charge in [0, 0.05) is 7.11 Å². The van der Waals surface area contributed by atoms with E-state index >= 15 is 0 Å². The molecule has 15 heavy (non-hydrogen) atoms. The summed E-state index contributed by atoms with van der Waals surface area (Å²) in [5, 5.41) is 0. The normalized spacial score (nSPS) is 18.2. The van der Waals surface area contributed by atoms with Crippen LogP contribution in [0.25, 0.3) is 0 Å². The van der Waals surface area contributed by atoms with Gasteiger partial charge in [0.1, 0.15) is 13.1 Å². The van der Waals surface area contributed by atoms with E-state index < -0.39 is 0 Å². The minimum atomic E-state index is 0.643. The first-order valence-corrected chi connectivity index (χ1v) is 5.49. The second-order valence-electron chi connectivity index (χ2n) is 3.52. The zero-order valence-electron chi connectivity index (χ0n) is 9.50. The quantitative estimate of drug-likeness (QED) is 0.508. The van der Waals surface area contributed by atoms with Crippen LogP contribution in [0.3, 0.4) is 0 Å². The number of hydrogen-bond donors (Lipinski definition) is 1. The van der Waals surface area contributed by atoms with Gasteiger partial charge in [-0.25, -0.2) is 0 Å². The van der Waals surface area contributed by atoms with Crippen molar-refractivity contribution in [3.63, 3.8) is 0 Å². The van der Waals surface area contributed by atoms with Crippen molar-refractivity contribution in [2.24, 2.45) is 0 Å². The Hall–Kier alpha value is -0.200. The van der Waals surface area contributed by atoms with Crippen molar-refractivity contribution in [2.45, 2.75) is 0 Å². The third-order valence-corrected chi connectivity index (χ3v) is 2.31. The molecule has 5 heteroatoms. The van der Waals surface area contributed by atoms with Gasteiger partial charge in [-0.3, -0.25) is 0 Å². The lowest BCUT2D eigenvalue weighted by atomic mass is 10.5. The highest BCUT2D eigenvalue weighted by molar-refractivity contribution is 4.36. The van der Waals surface area contributed by atoms with Crippen LogP contribution in [-0.2, 0) is 18.9 Å². The van der Waals surface area contributed by atoms with E-state index in [0.717, 1.165) is 33.0 Å². The van der Waals surface area contributed by atoms with E-state index in [0.29, 0.717) is 26.4 Å². The fraction of sp³-hybridized carbons (Fsp3) is 1.00. The fourth-order valence-electron chi connectivity index (χ4n) is 1.38. The van der Waals surface area contributed by atoms with Crippen molar-refractivity contribution >= 4 is 0 Å². The number of methoxy groups -OCH3 is 1. The van der Waals surface area contributed by atoms with Gasteiger partial charge < -0.3 is 23.8 Å². The molecule has 0 aromatic heterocycles. The number of rotatable bonds is 8. The van der Waals surface area contributed by atoms with E-state index in [2.05, 4.69) is 0 Å². The third kappa shape index (κ3) is 6.81. The van der Waals surface area contributed by atoms with Crippen LogP contribution in [0.5, 0.6) is 0 Å². The SMILES string of the molecule is COCCOCCOC[NH+]1CCOCC1. The van der Waals surface area contributed by atoms with E-state index in [4.69, 9.17) is 18.9 Å². The molecule has 1 fully saturated rings. The Labute approximate surface area is 91.2 Å². The summed E-state index contributed by atoms with van der Waals surface area (Å²) in [5.74, 6) is 0. The molecular formula is C10H22NO4+. The molecule has 0 aromatic rings. The van der Waals surface area contributed by atoms with Crippen molar-refractivity contribution in [2.75, 3.05) is 66.6 Å². The van der Waals surface area contributed by atoms with E-state index in [1.54, 1.807) is 7.11 Å². The van der Waals surface area contributed by atoms with Crippen LogP contribution in [0, 0.1) is 0 Å². The van der Waals surface area contributed by atoms with Gasteiger partial charge in [-0.15, -0.1) is 0 Å². The molecule has 0 spiro atoms. The smallest absolute Gasteiger partial charge is 0.181 e. The monoisotopic (exact) mass is 220 g/mol. The Morgan fingerprint density at radius 2 is 1.67 bits per heavy atom.